The molecule has 0 bridgehead atoms. The van der Waals surface area contributed by atoms with E-state index in [1.54, 1.807) is 0 Å². The van der Waals surface area contributed by atoms with Crippen LogP contribution in [0.4, 0.5) is 0 Å². The topological polar surface area (TPSA) is 111 Å². The lowest BCUT2D eigenvalue weighted by atomic mass is 10.1. The number of rotatable bonds is 37. The van der Waals surface area contributed by atoms with Crippen LogP contribution in [-0.2, 0) is 32.7 Å². The number of esters is 2. The van der Waals surface area contributed by atoms with Gasteiger partial charge < -0.3 is 27.9 Å². The van der Waals surface area contributed by atoms with E-state index in [1.165, 1.54) is 57.8 Å². The van der Waals surface area contributed by atoms with Gasteiger partial charge in [0, 0.05) is 12.8 Å². The van der Waals surface area contributed by atoms with Gasteiger partial charge in [-0.2, -0.15) is 0 Å². The van der Waals surface area contributed by atoms with Crippen LogP contribution in [0.2, 0.25) is 0 Å². The quantitative estimate of drug-likeness (QED) is 0.0203. The molecule has 0 radical (unpaired) electrons. The third-order valence-electron chi connectivity index (χ3n) is 8.63. The standard InChI is InChI=1S/C42H78NO8P/c1-6-8-10-12-14-16-18-20-21-23-25-27-29-31-33-35-42(45)51-40(39-50-52(46,47)49-37-36-43(3,4)5)38-48-41(44)34-32-30-28-26-24-22-19-17-15-13-11-9-7-2/h14,16-17,19-21,40H,6-13,15,18,22-39H2,1-5H3/b16-14+,19-17+,21-20+/t40-/m1/s1. The molecule has 0 rings (SSSR count). The summed E-state index contributed by atoms with van der Waals surface area (Å²) in [5, 5.41) is 0. The molecule has 0 aliphatic rings. The van der Waals surface area contributed by atoms with Gasteiger partial charge in [0.1, 0.15) is 19.8 Å². The Morgan fingerprint density at radius 3 is 1.58 bits per heavy atom. The van der Waals surface area contributed by atoms with Crippen molar-refractivity contribution in [1.29, 1.82) is 0 Å². The van der Waals surface area contributed by atoms with Crippen molar-refractivity contribution in [2.75, 3.05) is 47.5 Å². The predicted octanol–water partition coefficient (Wildman–Crippen LogP) is 10.7. The molecule has 52 heavy (non-hydrogen) atoms. The minimum absolute atomic E-state index is 0.0353. The van der Waals surface area contributed by atoms with Gasteiger partial charge in [0.25, 0.3) is 7.82 Å². The Labute approximate surface area is 319 Å². The molecule has 0 fully saturated rings. The summed E-state index contributed by atoms with van der Waals surface area (Å²) in [6, 6.07) is 0. The van der Waals surface area contributed by atoms with Crippen LogP contribution in [0.15, 0.2) is 36.5 Å². The maximum absolute atomic E-state index is 12.6. The summed E-state index contributed by atoms with van der Waals surface area (Å²) >= 11 is 0. The first-order chi connectivity index (χ1) is 25.0. The lowest BCUT2D eigenvalue weighted by Gasteiger charge is -2.28. The first-order valence-corrected chi connectivity index (χ1v) is 22.2. The number of ether oxygens (including phenoxy) is 2. The molecular formula is C42H78NO8P. The molecule has 10 heteroatoms. The molecule has 0 aliphatic heterocycles. The van der Waals surface area contributed by atoms with Gasteiger partial charge in [-0.3, -0.25) is 14.2 Å². The molecule has 0 aromatic carbocycles. The molecule has 0 aromatic heterocycles. The lowest BCUT2D eigenvalue weighted by Crippen LogP contribution is -2.37. The van der Waals surface area contributed by atoms with E-state index in [9.17, 15) is 19.0 Å². The summed E-state index contributed by atoms with van der Waals surface area (Å²) in [6.45, 7) is 4.14. The number of unbranched alkanes of at least 4 members (excludes halogenated alkanes) is 17. The number of nitrogens with zero attached hydrogens (tertiary/aromatic N) is 1. The summed E-state index contributed by atoms with van der Waals surface area (Å²) in [5.41, 5.74) is 0. The van der Waals surface area contributed by atoms with E-state index in [0.717, 1.165) is 77.0 Å². The lowest BCUT2D eigenvalue weighted by molar-refractivity contribution is -0.870. The third kappa shape index (κ3) is 38.0. The Morgan fingerprint density at radius 1 is 0.596 bits per heavy atom. The van der Waals surface area contributed by atoms with Gasteiger partial charge in [-0.1, -0.05) is 121 Å². The molecule has 0 heterocycles. The minimum atomic E-state index is -4.62. The first-order valence-electron chi connectivity index (χ1n) is 20.7. The van der Waals surface area contributed by atoms with Gasteiger partial charge in [-0.05, 0) is 70.6 Å². The number of hydrogen-bond donors (Lipinski definition) is 0. The first kappa shape index (κ1) is 50.2. The Bertz CT molecular complexity index is 991. The highest BCUT2D eigenvalue weighted by Gasteiger charge is 2.21. The van der Waals surface area contributed by atoms with Crippen LogP contribution in [-0.4, -0.2) is 70.0 Å². The second-order valence-corrected chi connectivity index (χ2v) is 16.4. The number of carbonyl (C=O) groups excluding carboxylic acids is 2. The SMILES string of the molecule is CCCCC/C=C/C/C=C/CCCCCCCC(=O)O[C@H](COC(=O)CCCCCCC/C=C/CCCCCC)COP(=O)([O-])OCC[N+](C)(C)C. The fraction of sp³-hybridized carbons (Fsp3) is 0.810. The summed E-state index contributed by atoms with van der Waals surface area (Å²) in [4.78, 5) is 37.4. The molecule has 0 aromatic rings. The highest BCUT2D eigenvalue weighted by molar-refractivity contribution is 7.45. The van der Waals surface area contributed by atoms with Crippen LogP contribution in [0.25, 0.3) is 0 Å². The number of likely N-dealkylation sites (N-methyl/N-ethyl adjacent to an activating group) is 1. The second kappa shape index (κ2) is 35.0. The Kier molecular flexibility index (Phi) is 33.8. The molecule has 0 spiro atoms. The average molecular weight is 756 g/mol. The van der Waals surface area contributed by atoms with Crippen molar-refractivity contribution in [3.05, 3.63) is 36.5 Å². The van der Waals surface area contributed by atoms with Gasteiger partial charge in [-0.15, -0.1) is 0 Å². The number of hydrogen-bond acceptors (Lipinski definition) is 8. The number of quaternary nitrogens is 1. The molecule has 2 atom stereocenters. The Hall–Kier alpha value is -1.77. The number of allylic oxidation sites excluding steroid dienone is 6. The largest absolute Gasteiger partial charge is 0.756 e. The summed E-state index contributed by atoms with van der Waals surface area (Å²) in [7, 11) is 1.15. The van der Waals surface area contributed by atoms with Crippen molar-refractivity contribution < 1.29 is 42.1 Å². The van der Waals surface area contributed by atoms with Crippen LogP contribution in [0.3, 0.4) is 0 Å². The fourth-order valence-electron chi connectivity index (χ4n) is 5.32. The third-order valence-corrected chi connectivity index (χ3v) is 9.60. The molecule has 304 valence electrons. The Morgan fingerprint density at radius 2 is 1.04 bits per heavy atom. The zero-order chi connectivity index (χ0) is 38.6. The van der Waals surface area contributed by atoms with E-state index in [1.807, 2.05) is 21.1 Å². The van der Waals surface area contributed by atoms with Gasteiger partial charge >= 0.3 is 11.9 Å². The van der Waals surface area contributed by atoms with Crippen molar-refractivity contribution in [3.8, 4) is 0 Å². The predicted molar refractivity (Wildman–Crippen MR) is 213 cm³/mol. The molecule has 9 nitrogen and oxygen atoms in total. The van der Waals surface area contributed by atoms with Gasteiger partial charge in [0.2, 0.25) is 0 Å². The van der Waals surface area contributed by atoms with Crippen molar-refractivity contribution in [1.82, 2.24) is 0 Å². The fourth-order valence-corrected chi connectivity index (χ4v) is 6.05. The van der Waals surface area contributed by atoms with E-state index in [0.29, 0.717) is 17.4 Å². The zero-order valence-electron chi connectivity index (χ0n) is 34.0. The second-order valence-electron chi connectivity index (χ2n) is 15.0. The van der Waals surface area contributed by atoms with Crippen LogP contribution in [0, 0.1) is 0 Å². The van der Waals surface area contributed by atoms with Crippen molar-refractivity contribution in [2.45, 2.75) is 174 Å². The van der Waals surface area contributed by atoms with E-state index >= 15 is 0 Å². The number of carbonyl (C=O) groups is 2. The monoisotopic (exact) mass is 756 g/mol. The van der Waals surface area contributed by atoms with E-state index < -0.39 is 32.5 Å². The summed E-state index contributed by atoms with van der Waals surface area (Å²) in [5.74, 6) is -0.862. The Balaban J connectivity index is 4.44. The maximum atomic E-state index is 12.6. The van der Waals surface area contributed by atoms with Crippen LogP contribution < -0.4 is 4.89 Å². The molecule has 0 N–H and O–H groups in total. The number of phosphoric ester groups is 1. The summed E-state index contributed by atoms with van der Waals surface area (Å²) < 4.78 is 33.8. The normalized spacial score (nSPS) is 14.0. The van der Waals surface area contributed by atoms with E-state index in [-0.39, 0.29) is 26.1 Å². The molecular weight excluding hydrogens is 677 g/mol. The molecule has 1 unspecified atom stereocenters. The number of phosphoric acid groups is 1. The average Bonchev–Trinajstić information content (AvgIpc) is 3.09. The molecule has 0 saturated heterocycles. The highest BCUT2D eigenvalue weighted by Crippen LogP contribution is 2.38. The minimum Gasteiger partial charge on any atom is -0.756 e. The molecule has 0 amide bonds. The van der Waals surface area contributed by atoms with Gasteiger partial charge in [0.15, 0.2) is 6.10 Å². The zero-order valence-corrected chi connectivity index (χ0v) is 34.9. The van der Waals surface area contributed by atoms with Crippen LogP contribution in [0.1, 0.15) is 168 Å². The van der Waals surface area contributed by atoms with Crippen molar-refractivity contribution in [3.63, 3.8) is 0 Å². The van der Waals surface area contributed by atoms with Crippen LogP contribution in [0.5, 0.6) is 0 Å². The van der Waals surface area contributed by atoms with E-state index in [2.05, 4.69) is 50.3 Å². The van der Waals surface area contributed by atoms with E-state index in [4.69, 9.17) is 18.5 Å². The van der Waals surface area contributed by atoms with Gasteiger partial charge in [0.05, 0.1) is 27.7 Å². The van der Waals surface area contributed by atoms with Gasteiger partial charge in [-0.25, -0.2) is 0 Å². The van der Waals surface area contributed by atoms with Crippen molar-refractivity contribution in [2.24, 2.45) is 0 Å². The van der Waals surface area contributed by atoms with Crippen molar-refractivity contribution >= 4 is 19.8 Å². The maximum Gasteiger partial charge on any atom is 0.306 e. The summed E-state index contributed by atoms with van der Waals surface area (Å²) in [6.07, 6.45) is 37.3. The molecule has 0 aliphatic carbocycles. The molecule has 0 saturated carbocycles. The highest BCUT2D eigenvalue weighted by atomic mass is 31.2. The van der Waals surface area contributed by atoms with Crippen LogP contribution >= 0.6 is 7.82 Å². The smallest absolute Gasteiger partial charge is 0.306 e.